The SMILES string of the molecule is [2H]C([2H])([2H])C(C)(NC(=O)c1cc(-c2cc3c(C(=O)NC)c(-c4ccc(C)cc4)oc3nc2CCC(F)(F)F)cnc1C)c1ncon1. The van der Waals surface area contributed by atoms with Crippen molar-refractivity contribution in [3.63, 3.8) is 0 Å². The fourth-order valence-corrected chi connectivity index (χ4v) is 4.67. The van der Waals surface area contributed by atoms with Gasteiger partial charge in [-0.05, 0) is 46.2 Å². The standard InChI is InChI=1S/C31H29F3N6O4/c1-16-6-8-18(9-7-16)25-24(27(42)35-5)22-13-21(23(38-28(22)44-25)10-11-31(32,33)34)19-12-20(17(2)36-14-19)26(41)39-30(3,4)29-37-15-43-40-29/h6-9,12-15H,10-11H2,1-5H3,(H,35,42)(H,39,41)/i3D3. The molecule has 0 fully saturated rings. The maximum atomic E-state index is 13.6. The van der Waals surface area contributed by atoms with Gasteiger partial charge >= 0.3 is 6.18 Å². The van der Waals surface area contributed by atoms with Crippen molar-refractivity contribution in [3.05, 3.63) is 82.9 Å². The number of benzene rings is 1. The highest BCUT2D eigenvalue weighted by Crippen LogP contribution is 2.37. The van der Waals surface area contributed by atoms with Crippen LogP contribution in [-0.4, -0.2) is 45.1 Å². The first-order valence-corrected chi connectivity index (χ1v) is 13.4. The molecule has 0 aliphatic carbocycles. The van der Waals surface area contributed by atoms with Crippen LogP contribution in [0.3, 0.4) is 0 Å². The van der Waals surface area contributed by atoms with Gasteiger partial charge in [0, 0.05) is 40.5 Å². The molecule has 0 spiro atoms. The fraction of sp³-hybridized carbons (Fsp3) is 0.290. The summed E-state index contributed by atoms with van der Waals surface area (Å²) in [4.78, 5) is 39.3. The van der Waals surface area contributed by atoms with E-state index in [0.717, 1.165) is 12.0 Å². The topological polar surface area (TPSA) is 136 Å². The summed E-state index contributed by atoms with van der Waals surface area (Å²) in [5.74, 6) is -1.48. The Morgan fingerprint density at radius 2 is 1.80 bits per heavy atom. The summed E-state index contributed by atoms with van der Waals surface area (Å²) in [6, 6.07) is 10.0. The van der Waals surface area contributed by atoms with Gasteiger partial charge in [0.05, 0.1) is 33.4 Å². The lowest BCUT2D eigenvalue weighted by Crippen LogP contribution is -2.42. The molecule has 0 saturated heterocycles. The zero-order valence-electron chi connectivity index (χ0n) is 27.1. The van der Waals surface area contributed by atoms with E-state index in [1.165, 1.54) is 39.2 Å². The highest BCUT2D eigenvalue weighted by Gasteiger charge is 2.31. The molecular formula is C31H29F3N6O4. The van der Waals surface area contributed by atoms with Gasteiger partial charge in [0.2, 0.25) is 12.1 Å². The molecule has 0 aliphatic rings. The molecule has 13 heteroatoms. The number of alkyl halides is 3. The number of carbonyl (C=O) groups excluding carboxylic acids is 2. The molecule has 4 heterocycles. The van der Waals surface area contributed by atoms with Gasteiger partial charge in [-0.2, -0.15) is 18.2 Å². The molecule has 5 aromatic rings. The van der Waals surface area contributed by atoms with Crippen molar-refractivity contribution < 1.29 is 35.8 Å². The molecule has 2 N–H and O–H groups in total. The van der Waals surface area contributed by atoms with Gasteiger partial charge in [0.25, 0.3) is 11.8 Å². The molecule has 1 atom stereocenters. The molecular weight excluding hydrogens is 577 g/mol. The fourth-order valence-electron chi connectivity index (χ4n) is 4.67. The number of pyridine rings is 2. The minimum Gasteiger partial charge on any atom is -0.437 e. The van der Waals surface area contributed by atoms with Gasteiger partial charge in [-0.3, -0.25) is 14.6 Å². The number of nitrogens with one attached hydrogen (secondary N) is 2. The summed E-state index contributed by atoms with van der Waals surface area (Å²) >= 11 is 0. The molecule has 10 nitrogen and oxygen atoms in total. The second-order valence-corrected chi connectivity index (χ2v) is 10.4. The van der Waals surface area contributed by atoms with Crippen molar-refractivity contribution in [2.75, 3.05) is 7.05 Å². The Morgan fingerprint density at radius 3 is 2.43 bits per heavy atom. The Hall–Kier alpha value is -5.07. The number of fused-ring (bicyclic) bond motifs is 1. The number of aryl methyl sites for hydroxylation is 3. The minimum atomic E-state index is -4.51. The number of nitrogens with zero attached hydrogens (tertiary/aromatic N) is 4. The van der Waals surface area contributed by atoms with Crippen molar-refractivity contribution in [1.82, 2.24) is 30.7 Å². The molecule has 5 rings (SSSR count). The molecule has 0 aliphatic heterocycles. The van der Waals surface area contributed by atoms with E-state index in [1.54, 1.807) is 12.1 Å². The van der Waals surface area contributed by atoms with Crippen molar-refractivity contribution in [2.24, 2.45) is 0 Å². The van der Waals surface area contributed by atoms with E-state index in [-0.39, 0.29) is 56.3 Å². The molecule has 1 aromatic carbocycles. The van der Waals surface area contributed by atoms with Crippen LogP contribution in [-0.2, 0) is 12.0 Å². The number of amides is 2. The molecule has 2 amide bonds. The highest BCUT2D eigenvalue weighted by atomic mass is 19.4. The van der Waals surface area contributed by atoms with Gasteiger partial charge in [-0.25, -0.2) is 4.98 Å². The number of rotatable bonds is 8. The summed E-state index contributed by atoms with van der Waals surface area (Å²) in [5.41, 5.74) is 0.00866. The van der Waals surface area contributed by atoms with E-state index >= 15 is 0 Å². The van der Waals surface area contributed by atoms with Crippen LogP contribution in [0.1, 0.15) is 67.8 Å². The van der Waals surface area contributed by atoms with Gasteiger partial charge in [-0.1, -0.05) is 35.0 Å². The molecule has 0 saturated carbocycles. The first kappa shape index (κ1) is 26.5. The average Bonchev–Trinajstić information content (AvgIpc) is 3.68. The molecule has 228 valence electrons. The maximum absolute atomic E-state index is 13.6. The van der Waals surface area contributed by atoms with Gasteiger partial charge in [0.1, 0.15) is 5.76 Å². The Balaban J connectivity index is 1.68. The Bertz CT molecular complexity index is 1960. The second kappa shape index (κ2) is 11.5. The summed E-state index contributed by atoms with van der Waals surface area (Å²) in [7, 11) is 1.43. The Morgan fingerprint density at radius 1 is 1.05 bits per heavy atom. The minimum absolute atomic E-state index is 0.0152. The lowest BCUT2D eigenvalue weighted by atomic mass is 9.97. The third kappa shape index (κ3) is 6.17. The molecule has 0 bridgehead atoms. The van der Waals surface area contributed by atoms with E-state index in [4.69, 9.17) is 13.1 Å². The van der Waals surface area contributed by atoms with E-state index in [1.807, 2.05) is 19.1 Å². The predicted octanol–water partition coefficient (Wildman–Crippen LogP) is 6.08. The third-order valence-corrected chi connectivity index (χ3v) is 6.99. The quantitative estimate of drug-likeness (QED) is 0.216. The van der Waals surface area contributed by atoms with Gasteiger partial charge < -0.3 is 19.6 Å². The summed E-state index contributed by atoms with van der Waals surface area (Å²) in [5, 5.41) is 8.87. The van der Waals surface area contributed by atoms with E-state index in [2.05, 4.69) is 30.7 Å². The molecule has 44 heavy (non-hydrogen) atoms. The summed E-state index contributed by atoms with van der Waals surface area (Å²) < 4.78 is 75.1. The summed E-state index contributed by atoms with van der Waals surface area (Å²) in [6.07, 6.45) is -3.98. The number of carbonyl (C=O) groups is 2. The van der Waals surface area contributed by atoms with E-state index < -0.39 is 43.2 Å². The van der Waals surface area contributed by atoms with Crippen molar-refractivity contribution >= 4 is 22.9 Å². The second-order valence-electron chi connectivity index (χ2n) is 10.4. The average molecular weight is 610 g/mol. The lowest BCUT2D eigenvalue weighted by Gasteiger charge is -2.23. The maximum Gasteiger partial charge on any atom is 0.389 e. The third-order valence-electron chi connectivity index (χ3n) is 6.99. The van der Waals surface area contributed by atoms with Crippen LogP contribution < -0.4 is 10.6 Å². The Kier molecular flexibility index (Phi) is 6.97. The van der Waals surface area contributed by atoms with Gasteiger partial charge in [-0.15, -0.1) is 0 Å². The number of hydrogen-bond acceptors (Lipinski definition) is 8. The Labute approximate surface area is 254 Å². The first-order valence-electron chi connectivity index (χ1n) is 14.9. The van der Waals surface area contributed by atoms with Crippen LogP contribution in [0.25, 0.3) is 33.6 Å². The largest absolute Gasteiger partial charge is 0.437 e. The van der Waals surface area contributed by atoms with Crippen molar-refractivity contribution in [3.8, 4) is 22.5 Å². The molecule has 0 radical (unpaired) electrons. The predicted molar refractivity (Wildman–Crippen MR) is 155 cm³/mol. The van der Waals surface area contributed by atoms with Crippen LogP contribution in [0.15, 0.2) is 57.9 Å². The molecule has 1 unspecified atom stereocenters. The highest BCUT2D eigenvalue weighted by molar-refractivity contribution is 6.11. The van der Waals surface area contributed by atoms with Crippen molar-refractivity contribution in [2.45, 2.75) is 52.2 Å². The van der Waals surface area contributed by atoms with Crippen molar-refractivity contribution in [1.29, 1.82) is 0 Å². The smallest absolute Gasteiger partial charge is 0.389 e. The molecule has 4 aromatic heterocycles. The van der Waals surface area contributed by atoms with Crippen LogP contribution in [0.2, 0.25) is 0 Å². The lowest BCUT2D eigenvalue weighted by molar-refractivity contribution is -0.134. The number of hydrogen-bond donors (Lipinski definition) is 2. The van der Waals surface area contributed by atoms with Crippen LogP contribution >= 0.6 is 0 Å². The normalized spacial score (nSPS) is 14.4. The number of halogens is 3. The number of furan rings is 1. The van der Waals surface area contributed by atoms with Gasteiger partial charge in [0.15, 0.2) is 5.82 Å². The van der Waals surface area contributed by atoms with E-state index in [9.17, 15) is 22.8 Å². The first-order chi connectivity index (χ1) is 22.0. The monoisotopic (exact) mass is 609 g/mol. The van der Waals surface area contributed by atoms with Crippen LogP contribution in [0.5, 0.6) is 0 Å². The zero-order chi connectivity index (χ0) is 34.3. The van der Waals surface area contributed by atoms with Crippen LogP contribution in [0, 0.1) is 13.8 Å². The number of aromatic nitrogens is 4. The summed E-state index contributed by atoms with van der Waals surface area (Å²) in [6.45, 7) is 1.81. The zero-order valence-corrected chi connectivity index (χ0v) is 24.1. The van der Waals surface area contributed by atoms with Crippen LogP contribution in [0.4, 0.5) is 13.2 Å². The van der Waals surface area contributed by atoms with E-state index in [0.29, 0.717) is 5.56 Å².